The zero-order valence-corrected chi connectivity index (χ0v) is 17.0. The van der Waals surface area contributed by atoms with Crippen molar-refractivity contribution < 1.29 is 14.3 Å². The number of nitrogens with one attached hydrogen (secondary N) is 1. The van der Waals surface area contributed by atoms with E-state index in [2.05, 4.69) is 38.2 Å². The van der Waals surface area contributed by atoms with E-state index in [4.69, 9.17) is 9.47 Å². The van der Waals surface area contributed by atoms with Gasteiger partial charge in [-0.3, -0.25) is 4.79 Å². The Balaban J connectivity index is 1.80. The van der Waals surface area contributed by atoms with Crippen molar-refractivity contribution in [2.75, 3.05) is 13.2 Å². The van der Waals surface area contributed by atoms with Gasteiger partial charge in [0, 0.05) is 0 Å². The molecule has 0 aliphatic heterocycles. The van der Waals surface area contributed by atoms with Crippen LogP contribution in [0.1, 0.15) is 45.2 Å². The third-order valence-corrected chi connectivity index (χ3v) is 4.35. The Bertz CT molecular complexity index is 715. The van der Waals surface area contributed by atoms with Crippen LogP contribution in [0.15, 0.2) is 48.5 Å². The van der Waals surface area contributed by atoms with Gasteiger partial charge < -0.3 is 14.8 Å². The molecule has 0 bridgehead atoms. The highest BCUT2D eigenvalue weighted by molar-refractivity contribution is 5.81. The second-order valence-corrected chi connectivity index (χ2v) is 7.74. The highest BCUT2D eigenvalue weighted by atomic mass is 16.5. The molecule has 0 saturated carbocycles. The van der Waals surface area contributed by atoms with E-state index in [1.165, 1.54) is 11.1 Å². The summed E-state index contributed by atoms with van der Waals surface area (Å²) in [5, 5.41) is 2.88. The van der Waals surface area contributed by atoms with E-state index in [0.29, 0.717) is 25.3 Å². The van der Waals surface area contributed by atoms with Gasteiger partial charge in [0.15, 0.2) is 6.10 Å². The topological polar surface area (TPSA) is 47.6 Å². The van der Waals surface area contributed by atoms with Crippen LogP contribution in [0.25, 0.3) is 0 Å². The molecule has 4 nitrogen and oxygen atoms in total. The van der Waals surface area contributed by atoms with Gasteiger partial charge in [-0.15, -0.1) is 0 Å². The van der Waals surface area contributed by atoms with Gasteiger partial charge in [0.2, 0.25) is 0 Å². The van der Waals surface area contributed by atoms with E-state index in [1.54, 1.807) is 0 Å². The monoisotopic (exact) mass is 369 g/mol. The minimum absolute atomic E-state index is 0.0948. The molecule has 0 fully saturated rings. The summed E-state index contributed by atoms with van der Waals surface area (Å²) >= 11 is 0. The van der Waals surface area contributed by atoms with Gasteiger partial charge in [-0.1, -0.05) is 57.5 Å². The first-order chi connectivity index (χ1) is 12.8. The third-order valence-electron chi connectivity index (χ3n) is 4.35. The first kappa shape index (κ1) is 20.8. The normalized spacial score (nSPS) is 12.3. The number of carbonyl (C=O) groups is 1. The fourth-order valence-electron chi connectivity index (χ4n) is 2.61. The first-order valence-corrected chi connectivity index (χ1v) is 9.54. The van der Waals surface area contributed by atoms with Crippen LogP contribution >= 0.6 is 0 Å². The van der Waals surface area contributed by atoms with Crippen LogP contribution in [0.2, 0.25) is 0 Å². The van der Waals surface area contributed by atoms with Crippen molar-refractivity contribution >= 4 is 5.91 Å². The van der Waals surface area contributed by atoms with Gasteiger partial charge in [-0.05, 0) is 48.6 Å². The summed E-state index contributed by atoms with van der Waals surface area (Å²) in [6.07, 6.45) is 0.0935. The number of carbonyl (C=O) groups excluding carboxylic acids is 1. The molecular formula is C23H31NO3. The molecule has 4 heteroatoms. The lowest BCUT2D eigenvalue weighted by atomic mass is 9.87. The summed E-state index contributed by atoms with van der Waals surface area (Å²) < 4.78 is 11.5. The lowest BCUT2D eigenvalue weighted by molar-refractivity contribution is -0.128. The summed E-state index contributed by atoms with van der Waals surface area (Å²) in [6, 6.07) is 15.8. The highest BCUT2D eigenvalue weighted by Crippen LogP contribution is 2.24. The number of hydrogen-bond acceptors (Lipinski definition) is 3. The number of rotatable bonds is 8. The van der Waals surface area contributed by atoms with Crippen molar-refractivity contribution in [3.8, 4) is 11.5 Å². The quantitative estimate of drug-likeness (QED) is 0.689. The number of aryl methyl sites for hydroxylation is 1. The number of hydrogen-bond donors (Lipinski definition) is 1. The average molecular weight is 370 g/mol. The molecule has 0 aromatic heterocycles. The zero-order chi connectivity index (χ0) is 19.9. The Morgan fingerprint density at radius 2 is 1.59 bits per heavy atom. The summed E-state index contributed by atoms with van der Waals surface area (Å²) in [4.78, 5) is 12.4. The van der Waals surface area contributed by atoms with E-state index in [1.807, 2.05) is 50.2 Å². The molecule has 0 spiro atoms. The highest BCUT2D eigenvalue weighted by Gasteiger charge is 2.19. The second kappa shape index (κ2) is 9.45. The van der Waals surface area contributed by atoms with Gasteiger partial charge in [0.25, 0.3) is 5.91 Å². The smallest absolute Gasteiger partial charge is 0.261 e. The average Bonchev–Trinajstić information content (AvgIpc) is 2.64. The van der Waals surface area contributed by atoms with Crippen LogP contribution in [0.4, 0.5) is 0 Å². The minimum Gasteiger partial charge on any atom is -0.492 e. The number of benzene rings is 2. The molecule has 0 heterocycles. The maximum Gasteiger partial charge on any atom is 0.261 e. The largest absolute Gasteiger partial charge is 0.492 e. The standard InChI is InChI=1S/C23H31NO3/c1-6-21(27-20-13-9-18(10-14-20)23(3,4)5)22(25)24-15-16-26-19-11-7-17(2)8-12-19/h7-14,21H,6,15-16H2,1-5H3,(H,24,25)/t21-/m0/s1. The number of ether oxygens (including phenoxy) is 2. The van der Waals surface area contributed by atoms with Crippen LogP contribution in [-0.2, 0) is 10.2 Å². The van der Waals surface area contributed by atoms with Crippen LogP contribution in [0, 0.1) is 6.92 Å². The van der Waals surface area contributed by atoms with Crippen molar-refractivity contribution in [1.29, 1.82) is 0 Å². The van der Waals surface area contributed by atoms with E-state index >= 15 is 0 Å². The van der Waals surface area contributed by atoms with Crippen LogP contribution in [0.3, 0.4) is 0 Å². The molecule has 1 N–H and O–H groups in total. The van der Waals surface area contributed by atoms with Crippen molar-refractivity contribution in [1.82, 2.24) is 5.32 Å². The number of amides is 1. The van der Waals surface area contributed by atoms with Crippen molar-refractivity contribution in [2.45, 2.75) is 52.6 Å². The molecule has 0 unspecified atom stereocenters. The molecule has 0 saturated heterocycles. The van der Waals surface area contributed by atoms with Gasteiger partial charge in [0.05, 0.1) is 6.54 Å². The Morgan fingerprint density at radius 1 is 1.00 bits per heavy atom. The Kier molecular flexibility index (Phi) is 7.28. The van der Waals surface area contributed by atoms with E-state index in [-0.39, 0.29) is 11.3 Å². The van der Waals surface area contributed by atoms with Crippen LogP contribution < -0.4 is 14.8 Å². The molecule has 27 heavy (non-hydrogen) atoms. The zero-order valence-electron chi connectivity index (χ0n) is 17.0. The molecule has 146 valence electrons. The Labute approximate surface area is 162 Å². The molecule has 1 atom stereocenters. The van der Waals surface area contributed by atoms with E-state index in [9.17, 15) is 4.79 Å². The van der Waals surface area contributed by atoms with Crippen molar-refractivity contribution in [2.24, 2.45) is 0 Å². The van der Waals surface area contributed by atoms with Gasteiger partial charge >= 0.3 is 0 Å². The molecule has 2 aromatic rings. The predicted octanol–water partition coefficient (Wildman–Crippen LogP) is 4.65. The molecular weight excluding hydrogens is 338 g/mol. The summed E-state index contributed by atoms with van der Waals surface area (Å²) in [5.74, 6) is 1.39. The van der Waals surface area contributed by atoms with Crippen molar-refractivity contribution in [3.05, 3.63) is 59.7 Å². The molecule has 2 aromatic carbocycles. The summed E-state index contributed by atoms with van der Waals surface area (Å²) in [7, 11) is 0. The van der Waals surface area contributed by atoms with Gasteiger partial charge in [-0.25, -0.2) is 0 Å². The molecule has 0 aliphatic carbocycles. The maximum absolute atomic E-state index is 12.4. The Hall–Kier alpha value is -2.49. The molecule has 1 amide bonds. The third kappa shape index (κ3) is 6.63. The second-order valence-electron chi connectivity index (χ2n) is 7.74. The minimum atomic E-state index is -0.509. The van der Waals surface area contributed by atoms with Crippen LogP contribution in [0.5, 0.6) is 11.5 Å². The molecule has 2 rings (SSSR count). The summed E-state index contributed by atoms with van der Waals surface area (Å²) in [6.45, 7) is 11.3. The predicted molar refractivity (Wildman–Crippen MR) is 110 cm³/mol. The SMILES string of the molecule is CC[C@H](Oc1ccc(C(C)(C)C)cc1)C(=O)NCCOc1ccc(C)cc1. The van der Waals surface area contributed by atoms with Crippen molar-refractivity contribution in [3.63, 3.8) is 0 Å². The van der Waals surface area contributed by atoms with Crippen LogP contribution in [-0.4, -0.2) is 25.2 Å². The Morgan fingerprint density at radius 3 is 2.15 bits per heavy atom. The lowest BCUT2D eigenvalue weighted by Gasteiger charge is -2.21. The lowest BCUT2D eigenvalue weighted by Crippen LogP contribution is -2.39. The first-order valence-electron chi connectivity index (χ1n) is 9.54. The fraction of sp³-hybridized carbons (Fsp3) is 0.435. The molecule has 0 radical (unpaired) electrons. The van der Waals surface area contributed by atoms with E-state index < -0.39 is 6.10 Å². The van der Waals surface area contributed by atoms with E-state index in [0.717, 1.165) is 5.75 Å². The van der Waals surface area contributed by atoms with Gasteiger partial charge in [0.1, 0.15) is 18.1 Å². The van der Waals surface area contributed by atoms with Gasteiger partial charge in [-0.2, -0.15) is 0 Å². The fourth-order valence-corrected chi connectivity index (χ4v) is 2.61. The molecule has 0 aliphatic rings. The summed E-state index contributed by atoms with van der Waals surface area (Å²) in [5.41, 5.74) is 2.52. The maximum atomic E-state index is 12.4.